The Morgan fingerprint density at radius 1 is 1.15 bits per heavy atom. The number of hydrogen-bond acceptors (Lipinski definition) is 4. The van der Waals surface area contributed by atoms with Crippen LogP contribution in [0.4, 0.5) is 17.2 Å². The zero-order valence-corrected chi connectivity index (χ0v) is 14.9. The molecular weight excluding hydrogens is 352 g/mol. The Morgan fingerprint density at radius 2 is 1.92 bits per heavy atom. The SMILES string of the molecule is O=C1CN(C(=O)C2CCN(c3ccc(Cl)cn3)CC2)c2ccccc2N1. The molecule has 1 aromatic carbocycles. The van der Waals surface area contributed by atoms with Gasteiger partial charge in [-0.3, -0.25) is 9.59 Å². The topological polar surface area (TPSA) is 65.5 Å². The molecule has 2 amide bonds. The number of hydrogen-bond donors (Lipinski definition) is 1. The second kappa shape index (κ2) is 6.96. The van der Waals surface area contributed by atoms with Gasteiger partial charge in [0.05, 0.1) is 16.4 Å². The van der Waals surface area contributed by atoms with Crippen LogP contribution in [-0.4, -0.2) is 36.4 Å². The van der Waals surface area contributed by atoms with Gasteiger partial charge in [0, 0.05) is 25.2 Å². The minimum absolute atomic E-state index is 0.0241. The van der Waals surface area contributed by atoms with Crippen molar-refractivity contribution in [1.29, 1.82) is 0 Å². The van der Waals surface area contributed by atoms with Gasteiger partial charge in [0.15, 0.2) is 0 Å². The normalized spacial score (nSPS) is 17.7. The summed E-state index contributed by atoms with van der Waals surface area (Å²) in [4.78, 5) is 33.1. The van der Waals surface area contributed by atoms with E-state index in [4.69, 9.17) is 11.6 Å². The number of aromatic nitrogens is 1. The van der Waals surface area contributed by atoms with Crippen LogP contribution in [0.5, 0.6) is 0 Å². The van der Waals surface area contributed by atoms with Crippen molar-refractivity contribution in [2.24, 2.45) is 5.92 Å². The highest BCUT2D eigenvalue weighted by atomic mass is 35.5. The first-order chi connectivity index (χ1) is 12.6. The van der Waals surface area contributed by atoms with Crippen LogP contribution in [-0.2, 0) is 9.59 Å². The van der Waals surface area contributed by atoms with Gasteiger partial charge in [-0.05, 0) is 37.1 Å². The van der Waals surface area contributed by atoms with Crippen molar-refractivity contribution in [3.8, 4) is 0 Å². The van der Waals surface area contributed by atoms with E-state index in [-0.39, 0.29) is 24.3 Å². The van der Waals surface area contributed by atoms with Gasteiger partial charge in [0.25, 0.3) is 0 Å². The van der Waals surface area contributed by atoms with E-state index >= 15 is 0 Å². The summed E-state index contributed by atoms with van der Waals surface area (Å²) >= 11 is 5.89. The highest BCUT2D eigenvalue weighted by Crippen LogP contribution is 2.32. The summed E-state index contributed by atoms with van der Waals surface area (Å²) in [5.74, 6) is 0.663. The quantitative estimate of drug-likeness (QED) is 0.882. The molecule has 0 atom stereocenters. The number of anilines is 3. The minimum atomic E-state index is -0.153. The van der Waals surface area contributed by atoms with Gasteiger partial charge in [-0.25, -0.2) is 4.98 Å². The molecule has 0 radical (unpaired) electrons. The summed E-state index contributed by atoms with van der Waals surface area (Å²) in [7, 11) is 0. The molecule has 3 heterocycles. The fraction of sp³-hybridized carbons (Fsp3) is 0.316. The van der Waals surface area contributed by atoms with Gasteiger partial charge in [-0.1, -0.05) is 23.7 Å². The number of nitrogens with one attached hydrogen (secondary N) is 1. The second-order valence-corrected chi connectivity index (χ2v) is 7.02. The maximum atomic E-state index is 13.0. The van der Waals surface area contributed by atoms with E-state index < -0.39 is 0 Å². The van der Waals surface area contributed by atoms with E-state index in [0.29, 0.717) is 10.7 Å². The Bertz CT molecular complexity index is 832. The van der Waals surface area contributed by atoms with E-state index in [1.54, 1.807) is 11.1 Å². The van der Waals surface area contributed by atoms with Gasteiger partial charge in [0.1, 0.15) is 12.4 Å². The monoisotopic (exact) mass is 370 g/mol. The van der Waals surface area contributed by atoms with E-state index in [9.17, 15) is 9.59 Å². The first-order valence-electron chi connectivity index (χ1n) is 8.68. The van der Waals surface area contributed by atoms with Crippen LogP contribution in [0.15, 0.2) is 42.6 Å². The largest absolute Gasteiger partial charge is 0.357 e. The lowest BCUT2D eigenvalue weighted by molar-refractivity contribution is -0.125. The first-order valence-corrected chi connectivity index (χ1v) is 9.06. The Hall–Kier alpha value is -2.60. The van der Waals surface area contributed by atoms with Crippen molar-refractivity contribution < 1.29 is 9.59 Å². The average molecular weight is 371 g/mol. The van der Waals surface area contributed by atoms with Crippen molar-refractivity contribution in [1.82, 2.24) is 4.98 Å². The van der Waals surface area contributed by atoms with E-state index in [2.05, 4.69) is 15.2 Å². The van der Waals surface area contributed by atoms with Gasteiger partial charge >= 0.3 is 0 Å². The lowest BCUT2D eigenvalue weighted by Crippen LogP contribution is -2.47. The lowest BCUT2D eigenvalue weighted by Gasteiger charge is -2.36. The van der Waals surface area contributed by atoms with E-state index in [1.165, 1.54) is 0 Å². The van der Waals surface area contributed by atoms with Gasteiger partial charge in [0.2, 0.25) is 11.8 Å². The van der Waals surface area contributed by atoms with Gasteiger partial charge < -0.3 is 15.1 Å². The van der Waals surface area contributed by atoms with Gasteiger partial charge in [-0.15, -0.1) is 0 Å². The third-order valence-electron chi connectivity index (χ3n) is 4.92. The molecule has 1 saturated heterocycles. The maximum Gasteiger partial charge on any atom is 0.244 e. The summed E-state index contributed by atoms with van der Waals surface area (Å²) in [6.45, 7) is 1.59. The summed E-state index contributed by atoms with van der Waals surface area (Å²) in [6.07, 6.45) is 3.12. The fourth-order valence-electron chi connectivity index (χ4n) is 3.56. The molecule has 2 aliphatic rings. The Kier molecular flexibility index (Phi) is 4.51. The summed E-state index contributed by atoms with van der Waals surface area (Å²) in [5.41, 5.74) is 1.47. The molecule has 1 N–H and O–H groups in total. The number of carbonyl (C=O) groups excluding carboxylic acids is 2. The molecule has 134 valence electrons. The number of halogens is 1. The molecule has 0 saturated carbocycles. The van der Waals surface area contributed by atoms with Crippen LogP contribution >= 0.6 is 11.6 Å². The molecule has 1 fully saturated rings. The molecule has 0 aliphatic carbocycles. The van der Waals surface area contributed by atoms with E-state index in [1.807, 2.05) is 36.4 Å². The molecule has 7 heteroatoms. The lowest BCUT2D eigenvalue weighted by atomic mass is 9.94. The fourth-order valence-corrected chi connectivity index (χ4v) is 3.67. The van der Waals surface area contributed by atoms with Crippen molar-refractivity contribution in [3.63, 3.8) is 0 Å². The summed E-state index contributed by atoms with van der Waals surface area (Å²) < 4.78 is 0. The predicted molar refractivity (Wildman–Crippen MR) is 102 cm³/mol. The molecule has 2 aliphatic heterocycles. The van der Waals surface area contributed by atoms with Crippen LogP contribution in [0.25, 0.3) is 0 Å². The van der Waals surface area contributed by atoms with Crippen molar-refractivity contribution in [2.75, 3.05) is 34.8 Å². The predicted octanol–water partition coefficient (Wildman–Crippen LogP) is 2.94. The number of amides is 2. The molecule has 26 heavy (non-hydrogen) atoms. The number of piperidine rings is 1. The molecule has 0 unspecified atom stereocenters. The number of rotatable bonds is 2. The molecule has 1 aromatic heterocycles. The summed E-state index contributed by atoms with van der Waals surface area (Å²) in [5, 5.41) is 3.43. The Balaban J connectivity index is 1.45. The second-order valence-electron chi connectivity index (χ2n) is 6.59. The molecule has 4 rings (SSSR count). The Morgan fingerprint density at radius 3 is 2.65 bits per heavy atom. The smallest absolute Gasteiger partial charge is 0.244 e. The Labute approximate surface area is 156 Å². The molecule has 6 nitrogen and oxygen atoms in total. The third kappa shape index (κ3) is 3.24. The number of pyridine rings is 1. The number of fused-ring (bicyclic) bond motifs is 1. The number of nitrogens with zero attached hydrogens (tertiary/aromatic N) is 3. The number of benzene rings is 1. The van der Waals surface area contributed by atoms with Crippen molar-refractivity contribution >= 4 is 40.6 Å². The standard InChI is InChI=1S/C19H19ClN4O2/c20-14-5-6-17(21-11-14)23-9-7-13(8-10-23)19(26)24-12-18(25)22-15-3-1-2-4-16(15)24/h1-6,11,13H,7-10,12H2,(H,22,25). The van der Waals surface area contributed by atoms with Crippen LogP contribution in [0.2, 0.25) is 5.02 Å². The van der Waals surface area contributed by atoms with Crippen molar-refractivity contribution in [3.05, 3.63) is 47.6 Å². The van der Waals surface area contributed by atoms with Crippen LogP contribution < -0.4 is 15.1 Å². The van der Waals surface area contributed by atoms with Crippen LogP contribution in [0.1, 0.15) is 12.8 Å². The number of carbonyl (C=O) groups is 2. The average Bonchev–Trinajstić information content (AvgIpc) is 2.67. The minimum Gasteiger partial charge on any atom is -0.357 e. The highest BCUT2D eigenvalue weighted by Gasteiger charge is 2.33. The molecule has 2 aromatic rings. The molecular formula is C19H19ClN4O2. The number of para-hydroxylation sites is 2. The maximum absolute atomic E-state index is 13.0. The van der Waals surface area contributed by atoms with Gasteiger partial charge in [-0.2, -0.15) is 0 Å². The third-order valence-corrected chi connectivity index (χ3v) is 5.14. The molecule has 0 spiro atoms. The summed E-state index contributed by atoms with van der Waals surface area (Å²) in [6, 6.07) is 11.1. The zero-order valence-electron chi connectivity index (χ0n) is 14.2. The van der Waals surface area contributed by atoms with Crippen LogP contribution in [0, 0.1) is 5.92 Å². The first kappa shape index (κ1) is 16.8. The highest BCUT2D eigenvalue weighted by molar-refractivity contribution is 6.30. The molecule has 0 bridgehead atoms. The van der Waals surface area contributed by atoms with Crippen molar-refractivity contribution in [2.45, 2.75) is 12.8 Å². The zero-order chi connectivity index (χ0) is 18.1. The van der Waals surface area contributed by atoms with E-state index in [0.717, 1.165) is 37.4 Å². The van der Waals surface area contributed by atoms with Crippen LogP contribution in [0.3, 0.4) is 0 Å².